The summed E-state index contributed by atoms with van der Waals surface area (Å²) in [5.41, 5.74) is 2.22. The SMILES string of the molecule is Cc1nccnc1C(C)N(CC1CCCCN1)C1CC1. The summed E-state index contributed by atoms with van der Waals surface area (Å²) in [7, 11) is 0. The van der Waals surface area contributed by atoms with Gasteiger partial charge in [-0.1, -0.05) is 6.42 Å². The van der Waals surface area contributed by atoms with Crippen molar-refractivity contribution in [2.75, 3.05) is 13.1 Å². The van der Waals surface area contributed by atoms with Crippen LogP contribution in [0, 0.1) is 6.92 Å². The van der Waals surface area contributed by atoms with E-state index in [9.17, 15) is 0 Å². The number of aryl methyl sites for hydroxylation is 1. The molecule has 2 atom stereocenters. The molecule has 4 nitrogen and oxygen atoms in total. The van der Waals surface area contributed by atoms with E-state index in [1.165, 1.54) is 38.6 Å². The van der Waals surface area contributed by atoms with Crippen molar-refractivity contribution in [2.45, 2.75) is 64.1 Å². The second kappa shape index (κ2) is 6.19. The van der Waals surface area contributed by atoms with Gasteiger partial charge < -0.3 is 5.32 Å². The van der Waals surface area contributed by atoms with Gasteiger partial charge in [-0.05, 0) is 46.1 Å². The number of rotatable bonds is 5. The standard InChI is InChI=1S/C16H26N4/c1-12-16(19-10-9-17-12)13(2)20(15-6-7-15)11-14-5-3-4-8-18-14/h9-10,13-15,18H,3-8,11H2,1-2H3. The van der Waals surface area contributed by atoms with Crippen LogP contribution in [0.3, 0.4) is 0 Å². The lowest BCUT2D eigenvalue weighted by Gasteiger charge is -2.34. The maximum absolute atomic E-state index is 4.58. The molecule has 2 fully saturated rings. The van der Waals surface area contributed by atoms with E-state index in [2.05, 4.69) is 34.0 Å². The van der Waals surface area contributed by atoms with Crippen molar-refractivity contribution in [1.29, 1.82) is 0 Å². The van der Waals surface area contributed by atoms with Crippen molar-refractivity contribution in [3.05, 3.63) is 23.8 Å². The number of nitrogens with one attached hydrogen (secondary N) is 1. The van der Waals surface area contributed by atoms with Gasteiger partial charge in [0.25, 0.3) is 0 Å². The second-order valence-corrected chi connectivity index (χ2v) is 6.28. The van der Waals surface area contributed by atoms with Crippen molar-refractivity contribution >= 4 is 0 Å². The minimum absolute atomic E-state index is 0.375. The number of nitrogens with zero attached hydrogens (tertiary/aromatic N) is 3. The van der Waals surface area contributed by atoms with Gasteiger partial charge >= 0.3 is 0 Å². The Bertz CT molecular complexity index is 438. The van der Waals surface area contributed by atoms with E-state index < -0.39 is 0 Å². The van der Waals surface area contributed by atoms with Crippen molar-refractivity contribution in [3.8, 4) is 0 Å². The largest absolute Gasteiger partial charge is 0.313 e. The van der Waals surface area contributed by atoms with Crippen LogP contribution in [0.25, 0.3) is 0 Å². The van der Waals surface area contributed by atoms with Crippen LogP contribution in [-0.4, -0.2) is 40.0 Å². The molecule has 0 amide bonds. The summed E-state index contributed by atoms with van der Waals surface area (Å²) in [5.74, 6) is 0. The van der Waals surface area contributed by atoms with E-state index in [0.717, 1.165) is 24.0 Å². The molecular formula is C16H26N4. The fraction of sp³-hybridized carbons (Fsp3) is 0.750. The molecule has 0 radical (unpaired) electrons. The highest BCUT2D eigenvalue weighted by Crippen LogP contribution is 2.34. The highest BCUT2D eigenvalue weighted by Gasteiger charge is 2.35. The second-order valence-electron chi connectivity index (χ2n) is 6.28. The first kappa shape index (κ1) is 14.0. The summed E-state index contributed by atoms with van der Waals surface area (Å²) in [4.78, 5) is 11.6. The fourth-order valence-electron chi connectivity index (χ4n) is 3.35. The maximum atomic E-state index is 4.58. The molecule has 4 heteroatoms. The lowest BCUT2D eigenvalue weighted by molar-refractivity contribution is 0.163. The van der Waals surface area contributed by atoms with E-state index in [-0.39, 0.29) is 0 Å². The zero-order chi connectivity index (χ0) is 13.9. The van der Waals surface area contributed by atoms with Gasteiger partial charge in [-0.25, -0.2) is 0 Å². The Balaban J connectivity index is 1.71. The van der Waals surface area contributed by atoms with Gasteiger partial charge in [0.15, 0.2) is 0 Å². The lowest BCUT2D eigenvalue weighted by Crippen LogP contribution is -2.45. The normalized spacial score (nSPS) is 24.9. The summed E-state index contributed by atoms with van der Waals surface area (Å²) >= 11 is 0. The molecule has 1 saturated heterocycles. The summed E-state index contributed by atoms with van der Waals surface area (Å²) in [6.07, 6.45) is 10.3. The first-order chi connectivity index (χ1) is 9.75. The minimum atomic E-state index is 0.375. The molecule has 0 aromatic carbocycles. The molecule has 1 aliphatic carbocycles. The van der Waals surface area contributed by atoms with E-state index in [0.29, 0.717) is 12.1 Å². The van der Waals surface area contributed by atoms with Gasteiger partial charge in [0.05, 0.1) is 17.4 Å². The van der Waals surface area contributed by atoms with Crippen molar-refractivity contribution in [3.63, 3.8) is 0 Å². The molecule has 2 unspecified atom stereocenters. The Hall–Kier alpha value is -1.00. The molecule has 3 rings (SSSR count). The Morgan fingerprint density at radius 2 is 2.05 bits per heavy atom. The van der Waals surface area contributed by atoms with Crippen molar-refractivity contribution in [1.82, 2.24) is 20.2 Å². The molecule has 1 aliphatic heterocycles. The van der Waals surface area contributed by atoms with E-state index >= 15 is 0 Å². The van der Waals surface area contributed by atoms with Gasteiger partial charge in [0.1, 0.15) is 0 Å². The third-order valence-corrected chi connectivity index (χ3v) is 4.67. The average Bonchev–Trinajstić information content (AvgIpc) is 3.30. The van der Waals surface area contributed by atoms with Crippen LogP contribution in [0.5, 0.6) is 0 Å². The van der Waals surface area contributed by atoms with Crippen LogP contribution in [0.15, 0.2) is 12.4 Å². The molecule has 2 aliphatic rings. The molecule has 0 bridgehead atoms. The minimum Gasteiger partial charge on any atom is -0.313 e. The van der Waals surface area contributed by atoms with E-state index in [1.807, 2.05) is 6.20 Å². The predicted molar refractivity (Wildman–Crippen MR) is 80.6 cm³/mol. The number of hydrogen-bond donors (Lipinski definition) is 1. The fourth-order valence-corrected chi connectivity index (χ4v) is 3.35. The number of piperidine rings is 1. The first-order valence-corrected chi connectivity index (χ1v) is 8.02. The zero-order valence-electron chi connectivity index (χ0n) is 12.7. The Labute approximate surface area is 122 Å². The van der Waals surface area contributed by atoms with Crippen LogP contribution in [0.1, 0.15) is 56.5 Å². The van der Waals surface area contributed by atoms with Crippen molar-refractivity contribution in [2.24, 2.45) is 0 Å². The maximum Gasteiger partial charge on any atom is 0.0784 e. The van der Waals surface area contributed by atoms with Crippen LogP contribution in [0.2, 0.25) is 0 Å². The van der Waals surface area contributed by atoms with Crippen LogP contribution >= 0.6 is 0 Å². The van der Waals surface area contributed by atoms with Gasteiger partial charge in [-0.15, -0.1) is 0 Å². The lowest BCUT2D eigenvalue weighted by atomic mass is 10.0. The average molecular weight is 274 g/mol. The predicted octanol–water partition coefficient (Wildman–Crippen LogP) is 2.45. The smallest absolute Gasteiger partial charge is 0.0784 e. The molecule has 0 spiro atoms. The van der Waals surface area contributed by atoms with Gasteiger partial charge in [0, 0.05) is 31.0 Å². The molecule has 2 heterocycles. The molecular weight excluding hydrogens is 248 g/mol. The summed E-state index contributed by atoms with van der Waals surface area (Å²) < 4.78 is 0. The highest BCUT2D eigenvalue weighted by atomic mass is 15.2. The summed E-state index contributed by atoms with van der Waals surface area (Å²) in [6, 6.07) is 1.79. The molecule has 110 valence electrons. The molecule has 20 heavy (non-hydrogen) atoms. The van der Waals surface area contributed by atoms with Crippen molar-refractivity contribution < 1.29 is 0 Å². The summed E-state index contributed by atoms with van der Waals surface area (Å²) in [6.45, 7) is 6.70. The molecule has 1 saturated carbocycles. The van der Waals surface area contributed by atoms with Crippen LogP contribution in [0.4, 0.5) is 0 Å². The molecule has 1 aromatic heterocycles. The molecule has 1 N–H and O–H groups in total. The Morgan fingerprint density at radius 3 is 2.70 bits per heavy atom. The third-order valence-electron chi connectivity index (χ3n) is 4.67. The number of hydrogen-bond acceptors (Lipinski definition) is 4. The monoisotopic (exact) mass is 274 g/mol. The van der Waals surface area contributed by atoms with Gasteiger partial charge in [-0.2, -0.15) is 0 Å². The number of aromatic nitrogens is 2. The van der Waals surface area contributed by atoms with Gasteiger partial charge in [0.2, 0.25) is 0 Å². The summed E-state index contributed by atoms with van der Waals surface area (Å²) in [5, 5.41) is 3.68. The van der Waals surface area contributed by atoms with Gasteiger partial charge in [-0.3, -0.25) is 14.9 Å². The van der Waals surface area contributed by atoms with Crippen LogP contribution < -0.4 is 5.32 Å². The highest BCUT2D eigenvalue weighted by molar-refractivity contribution is 5.14. The first-order valence-electron chi connectivity index (χ1n) is 8.02. The Morgan fingerprint density at radius 1 is 1.25 bits per heavy atom. The Kier molecular flexibility index (Phi) is 4.32. The zero-order valence-corrected chi connectivity index (χ0v) is 12.7. The van der Waals surface area contributed by atoms with E-state index in [4.69, 9.17) is 0 Å². The van der Waals surface area contributed by atoms with Crippen LogP contribution in [-0.2, 0) is 0 Å². The topological polar surface area (TPSA) is 41.1 Å². The third kappa shape index (κ3) is 3.18. The van der Waals surface area contributed by atoms with E-state index in [1.54, 1.807) is 6.20 Å². The quantitative estimate of drug-likeness (QED) is 0.895. The molecule has 1 aromatic rings.